The number of aryl methyl sites for hydroxylation is 1. The van der Waals surface area contributed by atoms with Gasteiger partial charge in [0.05, 0.1) is 25.5 Å². The molecular weight excluding hydrogens is 428 g/mol. The van der Waals surface area contributed by atoms with Gasteiger partial charge in [0.25, 0.3) is 0 Å². The SMILES string of the molecule is COc1ccc(OC)c([C@@H]2CC(=O)C3=C(C2)Nc2onc(C)c2[C@H]3c2cccc(Cl)c2)c1. The van der Waals surface area contributed by atoms with Gasteiger partial charge in [0.2, 0.25) is 5.88 Å². The number of methoxy groups -OCH3 is 2. The van der Waals surface area contributed by atoms with Crippen molar-refractivity contribution >= 4 is 23.3 Å². The highest BCUT2D eigenvalue weighted by molar-refractivity contribution is 6.30. The van der Waals surface area contributed by atoms with E-state index < -0.39 is 0 Å². The third-order valence-corrected chi connectivity index (χ3v) is 6.55. The normalized spacial score (nSPS) is 19.8. The number of nitrogens with zero attached hydrogens (tertiary/aromatic N) is 1. The largest absolute Gasteiger partial charge is 0.497 e. The Labute approximate surface area is 191 Å². The summed E-state index contributed by atoms with van der Waals surface area (Å²) in [5.41, 5.74) is 5.15. The summed E-state index contributed by atoms with van der Waals surface area (Å²) in [6, 6.07) is 13.3. The van der Waals surface area contributed by atoms with Crippen molar-refractivity contribution in [3.8, 4) is 11.5 Å². The molecular formula is C25H23ClN2O4. The van der Waals surface area contributed by atoms with Crippen molar-refractivity contribution in [3.05, 3.63) is 81.1 Å². The minimum atomic E-state index is -0.271. The van der Waals surface area contributed by atoms with Crippen LogP contribution in [0.1, 0.15) is 47.1 Å². The summed E-state index contributed by atoms with van der Waals surface area (Å²) in [7, 11) is 3.27. The van der Waals surface area contributed by atoms with Crippen molar-refractivity contribution in [2.24, 2.45) is 0 Å². The lowest BCUT2D eigenvalue weighted by Gasteiger charge is -2.35. The number of hydrogen-bond acceptors (Lipinski definition) is 6. The Kier molecular flexibility index (Phi) is 5.18. The fourth-order valence-corrected chi connectivity index (χ4v) is 5.07. The van der Waals surface area contributed by atoms with Gasteiger partial charge in [-0.05, 0) is 49.2 Å². The van der Waals surface area contributed by atoms with Crippen molar-refractivity contribution < 1.29 is 18.8 Å². The third-order valence-electron chi connectivity index (χ3n) is 6.32. The van der Waals surface area contributed by atoms with Gasteiger partial charge in [-0.15, -0.1) is 0 Å². The maximum absolute atomic E-state index is 13.6. The molecule has 164 valence electrons. The fraction of sp³-hybridized carbons (Fsp3) is 0.280. The van der Waals surface area contributed by atoms with Crippen LogP contribution in [-0.4, -0.2) is 25.2 Å². The Hall–Kier alpha value is -3.25. The minimum Gasteiger partial charge on any atom is -0.497 e. The van der Waals surface area contributed by atoms with Crippen LogP contribution in [0.15, 0.2) is 58.3 Å². The van der Waals surface area contributed by atoms with Crippen LogP contribution in [0.2, 0.25) is 5.02 Å². The van der Waals surface area contributed by atoms with E-state index in [1.54, 1.807) is 14.2 Å². The molecule has 2 aromatic carbocycles. The zero-order chi connectivity index (χ0) is 22.4. The zero-order valence-corrected chi connectivity index (χ0v) is 18.8. The van der Waals surface area contributed by atoms with E-state index in [1.165, 1.54) is 0 Å². The van der Waals surface area contributed by atoms with Gasteiger partial charge in [-0.3, -0.25) is 4.79 Å². The number of ketones is 1. The van der Waals surface area contributed by atoms with E-state index in [2.05, 4.69) is 10.5 Å². The number of Topliss-reactive ketones (excluding diaryl/α,β-unsaturated/α-hetero) is 1. The van der Waals surface area contributed by atoms with Crippen molar-refractivity contribution in [3.63, 3.8) is 0 Å². The predicted molar refractivity (Wildman–Crippen MR) is 122 cm³/mol. The molecule has 0 fully saturated rings. The predicted octanol–water partition coefficient (Wildman–Crippen LogP) is 5.61. The van der Waals surface area contributed by atoms with Gasteiger partial charge >= 0.3 is 0 Å². The molecule has 2 aliphatic rings. The number of carbonyl (C=O) groups excluding carboxylic acids is 1. The van der Waals surface area contributed by atoms with Gasteiger partial charge in [0.15, 0.2) is 5.78 Å². The number of fused-ring (bicyclic) bond motifs is 1. The molecule has 6 nitrogen and oxygen atoms in total. The molecule has 0 unspecified atom stereocenters. The summed E-state index contributed by atoms with van der Waals surface area (Å²) in [5.74, 6) is 1.82. The molecule has 0 spiro atoms. The number of rotatable bonds is 4. The number of benzene rings is 2. The van der Waals surface area contributed by atoms with Crippen LogP contribution in [0.3, 0.4) is 0 Å². The summed E-state index contributed by atoms with van der Waals surface area (Å²) in [6.45, 7) is 1.89. The van der Waals surface area contributed by atoms with Crippen LogP contribution in [0.25, 0.3) is 0 Å². The summed E-state index contributed by atoms with van der Waals surface area (Å²) < 4.78 is 16.6. The molecule has 2 atom stereocenters. The average molecular weight is 451 g/mol. The average Bonchev–Trinajstić information content (AvgIpc) is 3.17. The van der Waals surface area contributed by atoms with E-state index in [0.29, 0.717) is 23.7 Å². The second-order valence-corrected chi connectivity index (χ2v) is 8.59. The molecule has 7 heteroatoms. The highest BCUT2D eigenvalue weighted by Gasteiger charge is 2.41. The summed E-state index contributed by atoms with van der Waals surface area (Å²) in [4.78, 5) is 13.6. The first-order chi connectivity index (χ1) is 15.5. The highest BCUT2D eigenvalue weighted by Crippen LogP contribution is 2.50. The lowest BCUT2D eigenvalue weighted by molar-refractivity contribution is -0.116. The maximum atomic E-state index is 13.6. The number of hydrogen-bond donors (Lipinski definition) is 1. The van der Waals surface area contributed by atoms with E-state index in [9.17, 15) is 4.79 Å². The monoisotopic (exact) mass is 450 g/mol. The van der Waals surface area contributed by atoms with E-state index >= 15 is 0 Å². The molecule has 0 saturated heterocycles. The molecule has 0 bridgehead atoms. The highest BCUT2D eigenvalue weighted by atomic mass is 35.5. The maximum Gasteiger partial charge on any atom is 0.233 e. The molecule has 1 aliphatic heterocycles. The van der Waals surface area contributed by atoms with E-state index in [-0.39, 0.29) is 17.6 Å². The summed E-state index contributed by atoms with van der Waals surface area (Å²) in [5, 5.41) is 8.14. The molecule has 1 N–H and O–H groups in total. The van der Waals surface area contributed by atoms with Crippen LogP contribution < -0.4 is 14.8 Å². The second kappa shape index (κ2) is 8.02. The van der Waals surface area contributed by atoms with Gasteiger partial charge in [-0.25, -0.2) is 0 Å². The zero-order valence-electron chi connectivity index (χ0n) is 18.1. The lowest BCUT2D eigenvalue weighted by Crippen LogP contribution is -2.29. The van der Waals surface area contributed by atoms with E-state index in [1.807, 2.05) is 49.4 Å². The van der Waals surface area contributed by atoms with Gasteiger partial charge in [0.1, 0.15) is 11.5 Å². The van der Waals surface area contributed by atoms with E-state index in [4.69, 9.17) is 25.6 Å². The quantitative estimate of drug-likeness (QED) is 0.556. The first-order valence-electron chi connectivity index (χ1n) is 10.5. The first kappa shape index (κ1) is 20.6. The standard InChI is InChI=1S/C25H23ClN2O4/c1-13-22-23(14-5-4-6-16(26)9-14)24-19(27-25(22)32-28-13)10-15(11-20(24)29)18-12-17(30-2)7-8-21(18)31-3/h4-9,12,15,23,27H,10-11H2,1-3H3/t15-,23+/m0/s1. The van der Waals surface area contributed by atoms with Gasteiger partial charge in [-0.1, -0.05) is 28.9 Å². The molecule has 0 radical (unpaired) electrons. The number of aromatic nitrogens is 1. The Morgan fingerprint density at radius 3 is 2.72 bits per heavy atom. The molecule has 1 aromatic heterocycles. The van der Waals surface area contributed by atoms with Crippen LogP contribution in [0.4, 0.5) is 5.88 Å². The minimum absolute atomic E-state index is 0.0515. The molecule has 32 heavy (non-hydrogen) atoms. The number of ether oxygens (including phenoxy) is 2. The van der Waals surface area contributed by atoms with Crippen LogP contribution in [-0.2, 0) is 4.79 Å². The lowest BCUT2D eigenvalue weighted by atomic mass is 9.72. The number of allylic oxidation sites excluding steroid dienone is 2. The van der Waals surface area contributed by atoms with E-state index in [0.717, 1.165) is 45.2 Å². The number of nitrogens with one attached hydrogen (secondary N) is 1. The van der Waals surface area contributed by atoms with Gasteiger partial charge in [-0.2, -0.15) is 0 Å². The molecule has 3 aromatic rings. The molecule has 5 rings (SSSR count). The van der Waals surface area contributed by atoms with Gasteiger partial charge < -0.3 is 19.3 Å². The molecule has 2 heterocycles. The first-order valence-corrected chi connectivity index (χ1v) is 10.8. The molecule has 0 amide bonds. The summed E-state index contributed by atoms with van der Waals surface area (Å²) in [6.07, 6.45) is 1.02. The van der Waals surface area contributed by atoms with Crippen molar-refractivity contribution in [1.82, 2.24) is 5.16 Å². The smallest absolute Gasteiger partial charge is 0.233 e. The van der Waals surface area contributed by atoms with Crippen LogP contribution in [0.5, 0.6) is 11.5 Å². The number of carbonyl (C=O) groups is 1. The molecule has 0 saturated carbocycles. The van der Waals surface area contributed by atoms with Crippen molar-refractivity contribution in [1.29, 1.82) is 0 Å². The third kappa shape index (κ3) is 3.35. The second-order valence-electron chi connectivity index (χ2n) is 8.15. The van der Waals surface area contributed by atoms with Gasteiger partial charge in [0, 0.05) is 40.1 Å². The number of anilines is 1. The topological polar surface area (TPSA) is 73.6 Å². The van der Waals surface area contributed by atoms with Crippen molar-refractivity contribution in [2.75, 3.05) is 19.5 Å². The van der Waals surface area contributed by atoms with Crippen LogP contribution >= 0.6 is 11.6 Å². The summed E-state index contributed by atoms with van der Waals surface area (Å²) >= 11 is 6.30. The Morgan fingerprint density at radius 2 is 1.97 bits per heavy atom. The molecule has 1 aliphatic carbocycles. The number of halogens is 1. The Morgan fingerprint density at radius 1 is 1.12 bits per heavy atom. The van der Waals surface area contributed by atoms with Crippen molar-refractivity contribution in [2.45, 2.75) is 31.6 Å². The fourth-order valence-electron chi connectivity index (χ4n) is 4.87. The Bertz CT molecular complexity index is 1250. The Balaban J connectivity index is 1.62. The van der Waals surface area contributed by atoms with Crippen LogP contribution in [0, 0.1) is 6.92 Å².